The quantitative estimate of drug-likeness (QED) is 0.608. The predicted molar refractivity (Wildman–Crippen MR) is 109 cm³/mol. The number of benzene rings is 2. The molecule has 1 saturated heterocycles. The summed E-state index contributed by atoms with van der Waals surface area (Å²) in [4.78, 5) is 9.76. The maximum Gasteiger partial charge on any atom is 0.186 e. The van der Waals surface area contributed by atoms with Crippen molar-refractivity contribution in [1.82, 2.24) is 4.98 Å². The molecule has 0 bridgehead atoms. The standard InChI is InChI=1S/C20H22ClN3S/c1-2-24(16-9-7-15(21)8-10-16)17-11-13-23(14-12-17)20-22-18-5-3-4-6-19(18)25-20/h3-10,17H,2,11-14H2,1H3. The molecular weight excluding hydrogens is 350 g/mol. The van der Waals surface area contributed by atoms with Crippen LogP contribution in [0.1, 0.15) is 19.8 Å². The predicted octanol–water partition coefficient (Wildman–Crippen LogP) is 5.45. The van der Waals surface area contributed by atoms with Crippen LogP contribution in [-0.4, -0.2) is 30.7 Å². The maximum absolute atomic E-state index is 6.03. The van der Waals surface area contributed by atoms with Crippen molar-refractivity contribution in [2.75, 3.05) is 29.4 Å². The van der Waals surface area contributed by atoms with Gasteiger partial charge in [-0.1, -0.05) is 35.1 Å². The second-order valence-electron chi connectivity index (χ2n) is 6.44. The van der Waals surface area contributed by atoms with Crippen LogP contribution < -0.4 is 9.80 Å². The third-order valence-corrected chi connectivity index (χ3v) is 6.31. The van der Waals surface area contributed by atoms with E-state index in [0.717, 1.165) is 48.1 Å². The molecule has 0 atom stereocenters. The van der Waals surface area contributed by atoms with Crippen LogP contribution in [0, 0.1) is 0 Å². The van der Waals surface area contributed by atoms with Gasteiger partial charge in [0.2, 0.25) is 0 Å². The first-order valence-corrected chi connectivity index (χ1v) is 10.1. The van der Waals surface area contributed by atoms with Crippen molar-refractivity contribution in [2.45, 2.75) is 25.8 Å². The summed E-state index contributed by atoms with van der Waals surface area (Å²) >= 11 is 7.84. The first-order valence-electron chi connectivity index (χ1n) is 8.87. The van der Waals surface area contributed by atoms with Crippen molar-refractivity contribution in [1.29, 1.82) is 0 Å². The molecule has 0 unspecified atom stereocenters. The van der Waals surface area contributed by atoms with Gasteiger partial charge in [-0.05, 0) is 56.2 Å². The number of fused-ring (bicyclic) bond motifs is 1. The largest absolute Gasteiger partial charge is 0.369 e. The molecule has 0 aliphatic carbocycles. The maximum atomic E-state index is 6.03. The van der Waals surface area contributed by atoms with E-state index in [9.17, 15) is 0 Å². The van der Waals surface area contributed by atoms with Crippen LogP contribution in [0.2, 0.25) is 5.02 Å². The number of piperidine rings is 1. The van der Waals surface area contributed by atoms with E-state index in [1.54, 1.807) is 11.3 Å². The summed E-state index contributed by atoms with van der Waals surface area (Å²) in [5, 5.41) is 1.96. The average Bonchev–Trinajstić information content (AvgIpc) is 3.09. The molecule has 130 valence electrons. The normalized spacial score (nSPS) is 15.7. The molecule has 5 heteroatoms. The molecule has 0 N–H and O–H groups in total. The van der Waals surface area contributed by atoms with Crippen molar-refractivity contribution in [3.63, 3.8) is 0 Å². The molecule has 0 spiro atoms. The van der Waals surface area contributed by atoms with Crippen molar-refractivity contribution in [3.8, 4) is 0 Å². The second-order valence-corrected chi connectivity index (χ2v) is 7.89. The number of para-hydroxylation sites is 1. The van der Waals surface area contributed by atoms with Crippen LogP contribution in [0.15, 0.2) is 48.5 Å². The number of halogens is 1. The van der Waals surface area contributed by atoms with E-state index in [4.69, 9.17) is 16.6 Å². The summed E-state index contributed by atoms with van der Waals surface area (Å²) in [6.07, 6.45) is 2.32. The number of aromatic nitrogens is 1. The Morgan fingerprint density at radius 3 is 2.52 bits per heavy atom. The third-order valence-electron chi connectivity index (χ3n) is 4.96. The Bertz CT molecular complexity index is 805. The van der Waals surface area contributed by atoms with Crippen molar-refractivity contribution >= 4 is 44.0 Å². The highest BCUT2D eigenvalue weighted by Gasteiger charge is 2.25. The Balaban J connectivity index is 1.45. The highest BCUT2D eigenvalue weighted by Crippen LogP contribution is 2.32. The first kappa shape index (κ1) is 16.7. The second kappa shape index (κ2) is 7.22. The lowest BCUT2D eigenvalue weighted by molar-refractivity contribution is 0.469. The van der Waals surface area contributed by atoms with E-state index < -0.39 is 0 Å². The molecule has 1 aliphatic rings. The summed E-state index contributed by atoms with van der Waals surface area (Å²) < 4.78 is 1.27. The van der Waals surface area contributed by atoms with E-state index in [0.29, 0.717) is 6.04 Å². The van der Waals surface area contributed by atoms with Gasteiger partial charge in [-0.2, -0.15) is 0 Å². The molecule has 0 saturated carbocycles. The summed E-state index contributed by atoms with van der Waals surface area (Å²) in [5.74, 6) is 0. The highest BCUT2D eigenvalue weighted by molar-refractivity contribution is 7.22. The van der Waals surface area contributed by atoms with Crippen LogP contribution >= 0.6 is 22.9 Å². The summed E-state index contributed by atoms with van der Waals surface area (Å²) in [7, 11) is 0. The first-order chi connectivity index (χ1) is 12.2. The van der Waals surface area contributed by atoms with E-state index in [2.05, 4.69) is 53.1 Å². The van der Waals surface area contributed by atoms with Crippen LogP contribution in [-0.2, 0) is 0 Å². The Kier molecular flexibility index (Phi) is 4.82. The fraction of sp³-hybridized carbons (Fsp3) is 0.350. The van der Waals surface area contributed by atoms with Gasteiger partial charge in [-0.15, -0.1) is 0 Å². The lowest BCUT2D eigenvalue weighted by atomic mass is 10.0. The summed E-state index contributed by atoms with van der Waals surface area (Å²) in [6.45, 7) is 5.38. The zero-order valence-electron chi connectivity index (χ0n) is 14.4. The zero-order valence-corrected chi connectivity index (χ0v) is 15.9. The number of thiazole rings is 1. The molecule has 1 fully saturated rings. The molecule has 0 amide bonds. The monoisotopic (exact) mass is 371 g/mol. The van der Waals surface area contributed by atoms with Gasteiger partial charge in [0.1, 0.15) is 0 Å². The minimum Gasteiger partial charge on any atom is -0.369 e. The lowest BCUT2D eigenvalue weighted by Crippen LogP contribution is -2.45. The topological polar surface area (TPSA) is 19.4 Å². The molecule has 3 aromatic rings. The van der Waals surface area contributed by atoms with Crippen LogP contribution in [0.25, 0.3) is 10.2 Å². The van der Waals surface area contributed by atoms with E-state index in [1.807, 2.05) is 12.1 Å². The number of hydrogen-bond acceptors (Lipinski definition) is 4. The molecule has 1 aromatic heterocycles. The van der Waals surface area contributed by atoms with Crippen LogP contribution in [0.4, 0.5) is 10.8 Å². The van der Waals surface area contributed by atoms with Crippen LogP contribution in [0.5, 0.6) is 0 Å². The minimum absolute atomic E-state index is 0.580. The number of nitrogens with zero attached hydrogens (tertiary/aromatic N) is 3. The van der Waals surface area contributed by atoms with Gasteiger partial charge in [-0.3, -0.25) is 0 Å². The minimum atomic E-state index is 0.580. The molecule has 25 heavy (non-hydrogen) atoms. The summed E-state index contributed by atoms with van der Waals surface area (Å²) in [5.41, 5.74) is 2.38. The van der Waals surface area contributed by atoms with Crippen molar-refractivity contribution < 1.29 is 0 Å². The van der Waals surface area contributed by atoms with Gasteiger partial charge in [0.15, 0.2) is 5.13 Å². The number of hydrogen-bond donors (Lipinski definition) is 0. The fourth-order valence-electron chi connectivity index (χ4n) is 3.65. The SMILES string of the molecule is CCN(c1ccc(Cl)cc1)C1CCN(c2nc3ccccc3s2)CC1. The Hall–Kier alpha value is -1.78. The molecule has 3 nitrogen and oxygen atoms in total. The van der Waals surface area contributed by atoms with E-state index in [1.165, 1.54) is 10.4 Å². The molecule has 4 rings (SSSR count). The van der Waals surface area contributed by atoms with Crippen LogP contribution in [0.3, 0.4) is 0 Å². The van der Waals surface area contributed by atoms with E-state index in [-0.39, 0.29) is 0 Å². The molecular formula is C20H22ClN3S. The lowest BCUT2D eigenvalue weighted by Gasteiger charge is -2.39. The molecule has 0 radical (unpaired) electrons. The number of anilines is 2. The Labute approximate surface area is 157 Å². The summed E-state index contributed by atoms with van der Waals surface area (Å²) in [6, 6.07) is 17.2. The van der Waals surface area contributed by atoms with Gasteiger partial charge >= 0.3 is 0 Å². The molecule has 1 aliphatic heterocycles. The van der Waals surface area contributed by atoms with Gasteiger partial charge in [0.25, 0.3) is 0 Å². The molecule has 2 heterocycles. The van der Waals surface area contributed by atoms with Gasteiger partial charge in [0.05, 0.1) is 10.2 Å². The Morgan fingerprint density at radius 2 is 1.84 bits per heavy atom. The van der Waals surface area contributed by atoms with Gasteiger partial charge in [0, 0.05) is 36.4 Å². The van der Waals surface area contributed by atoms with Crippen molar-refractivity contribution in [3.05, 3.63) is 53.6 Å². The zero-order chi connectivity index (χ0) is 17.2. The van der Waals surface area contributed by atoms with Crippen molar-refractivity contribution in [2.24, 2.45) is 0 Å². The van der Waals surface area contributed by atoms with E-state index >= 15 is 0 Å². The molecule has 2 aromatic carbocycles. The average molecular weight is 372 g/mol. The number of rotatable bonds is 4. The third kappa shape index (κ3) is 3.46. The Morgan fingerprint density at radius 1 is 1.12 bits per heavy atom. The van der Waals surface area contributed by atoms with Gasteiger partial charge < -0.3 is 9.80 Å². The smallest absolute Gasteiger partial charge is 0.186 e. The highest BCUT2D eigenvalue weighted by atomic mass is 35.5. The fourth-order valence-corrected chi connectivity index (χ4v) is 4.79. The van der Waals surface area contributed by atoms with Gasteiger partial charge in [-0.25, -0.2) is 4.98 Å².